The van der Waals surface area contributed by atoms with E-state index in [0.29, 0.717) is 23.6 Å². The van der Waals surface area contributed by atoms with Crippen molar-refractivity contribution in [1.29, 1.82) is 0 Å². The number of amides is 3. The average molecular weight is 489 g/mol. The number of benzene rings is 3. The maximum absolute atomic E-state index is 12.1. The summed E-state index contributed by atoms with van der Waals surface area (Å²) in [6.07, 6.45) is 1.40. The highest BCUT2D eigenvalue weighted by atomic mass is 16.5. The molecule has 0 bridgehead atoms. The summed E-state index contributed by atoms with van der Waals surface area (Å²) in [7, 11) is 0. The van der Waals surface area contributed by atoms with Gasteiger partial charge in [-0.25, -0.2) is 5.43 Å². The van der Waals surface area contributed by atoms with Crippen molar-refractivity contribution in [3.63, 3.8) is 0 Å². The van der Waals surface area contributed by atoms with Crippen molar-refractivity contribution < 1.29 is 23.9 Å². The first-order chi connectivity index (χ1) is 17.4. The number of hydrazone groups is 1. The van der Waals surface area contributed by atoms with Crippen molar-refractivity contribution in [3.8, 4) is 11.5 Å². The van der Waals surface area contributed by atoms with Gasteiger partial charge in [-0.2, -0.15) is 5.10 Å². The lowest BCUT2D eigenvalue weighted by Crippen LogP contribution is -2.37. The van der Waals surface area contributed by atoms with Crippen LogP contribution in [0.3, 0.4) is 0 Å². The van der Waals surface area contributed by atoms with Gasteiger partial charge < -0.3 is 20.1 Å². The van der Waals surface area contributed by atoms with Crippen LogP contribution < -0.4 is 25.5 Å². The molecule has 0 unspecified atom stereocenters. The van der Waals surface area contributed by atoms with Gasteiger partial charge in [0.25, 0.3) is 5.91 Å². The summed E-state index contributed by atoms with van der Waals surface area (Å²) in [5, 5.41) is 9.09. The normalized spacial score (nSPS) is 10.5. The van der Waals surface area contributed by atoms with E-state index in [0.717, 1.165) is 16.9 Å². The fourth-order valence-electron chi connectivity index (χ4n) is 2.98. The Balaban J connectivity index is 1.38. The van der Waals surface area contributed by atoms with Gasteiger partial charge >= 0.3 is 11.8 Å². The van der Waals surface area contributed by atoms with Crippen LogP contribution in [-0.2, 0) is 20.9 Å². The van der Waals surface area contributed by atoms with E-state index in [-0.39, 0.29) is 19.1 Å². The van der Waals surface area contributed by atoms with Gasteiger partial charge in [0.15, 0.2) is 6.61 Å². The highest BCUT2D eigenvalue weighted by Crippen LogP contribution is 2.16. The molecule has 3 aromatic rings. The lowest BCUT2D eigenvalue weighted by Gasteiger charge is -2.09. The smallest absolute Gasteiger partial charge is 0.329 e. The average Bonchev–Trinajstić information content (AvgIpc) is 2.89. The highest BCUT2D eigenvalue weighted by molar-refractivity contribution is 6.35. The zero-order valence-corrected chi connectivity index (χ0v) is 20.1. The fraction of sp³-hybridized carbons (Fsp3) is 0.185. The molecule has 0 radical (unpaired) electrons. The molecule has 186 valence electrons. The SMILES string of the molecule is CCOc1ccc(NC(=O)COc2ccc(/C=N\NC(=O)C(=O)NCc3ccc(C)cc3)cc2)cc1. The molecule has 0 heterocycles. The third-order valence-corrected chi connectivity index (χ3v) is 4.86. The van der Waals surface area contributed by atoms with Gasteiger partial charge in [-0.3, -0.25) is 14.4 Å². The first-order valence-corrected chi connectivity index (χ1v) is 11.4. The molecule has 0 fully saturated rings. The maximum Gasteiger partial charge on any atom is 0.329 e. The second kappa shape index (κ2) is 13.3. The number of carbonyl (C=O) groups is 3. The summed E-state index contributed by atoms with van der Waals surface area (Å²) >= 11 is 0. The van der Waals surface area contributed by atoms with E-state index in [1.165, 1.54) is 6.21 Å². The van der Waals surface area contributed by atoms with E-state index in [2.05, 4.69) is 21.2 Å². The number of carbonyl (C=O) groups excluding carboxylic acids is 3. The van der Waals surface area contributed by atoms with E-state index < -0.39 is 11.8 Å². The van der Waals surface area contributed by atoms with E-state index in [1.807, 2.05) is 38.1 Å². The summed E-state index contributed by atoms with van der Waals surface area (Å²) in [4.78, 5) is 35.9. The number of aryl methyl sites for hydroxylation is 1. The van der Waals surface area contributed by atoms with Gasteiger partial charge in [0.1, 0.15) is 11.5 Å². The number of nitrogens with one attached hydrogen (secondary N) is 3. The van der Waals surface area contributed by atoms with Crippen LogP contribution in [-0.4, -0.2) is 37.1 Å². The number of nitrogens with zero attached hydrogens (tertiary/aromatic N) is 1. The number of ether oxygens (including phenoxy) is 2. The fourth-order valence-corrected chi connectivity index (χ4v) is 2.98. The van der Waals surface area contributed by atoms with Crippen LogP contribution in [0, 0.1) is 6.92 Å². The predicted molar refractivity (Wildman–Crippen MR) is 137 cm³/mol. The Morgan fingerprint density at radius 1 is 0.833 bits per heavy atom. The Bertz CT molecular complexity index is 1190. The van der Waals surface area contributed by atoms with Crippen molar-refractivity contribution in [1.82, 2.24) is 10.7 Å². The van der Waals surface area contributed by atoms with Gasteiger partial charge in [0.05, 0.1) is 12.8 Å². The third kappa shape index (κ3) is 8.60. The van der Waals surface area contributed by atoms with Crippen LogP contribution in [0.25, 0.3) is 0 Å². The van der Waals surface area contributed by atoms with Crippen molar-refractivity contribution in [2.24, 2.45) is 5.10 Å². The minimum Gasteiger partial charge on any atom is -0.494 e. The second-order valence-electron chi connectivity index (χ2n) is 7.73. The molecule has 0 aliphatic rings. The maximum atomic E-state index is 12.1. The van der Waals surface area contributed by atoms with Crippen LogP contribution in [0.4, 0.5) is 5.69 Å². The van der Waals surface area contributed by atoms with Crippen molar-refractivity contribution in [2.45, 2.75) is 20.4 Å². The minimum atomic E-state index is -0.864. The van der Waals surface area contributed by atoms with Gasteiger partial charge in [-0.15, -0.1) is 0 Å². The predicted octanol–water partition coefficient (Wildman–Crippen LogP) is 3.18. The monoisotopic (exact) mass is 488 g/mol. The Morgan fingerprint density at radius 2 is 1.47 bits per heavy atom. The van der Waals surface area contributed by atoms with Gasteiger partial charge in [0.2, 0.25) is 0 Å². The zero-order chi connectivity index (χ0) is 25.8. The molecular weight excluding hydrogens is 460 g/mol. The quantitative estimate of drug-likeness (QED) is 0.230. The molecule has 0 saturated carbocycles. The molecule has 9 nitrogen and oxygen atoms in total. The molecule has 36 heavy (non-hydrogen) atoms. The van der Waals surface area contributed by atoms with Crippen LogP contribution in [0.15, 0.2) is 77.9 Å². The molecule has 0 spiro atoms. The van der Waals surface area contributed by atoms with E-state index >= 15 is 0 Å². The number of rotatable bonds is 10. The topological polar surface area (TPSA) is 118 Å². The zero-order valence-electron chi connectivity index (χ0n) is 20.1. The molecule has 3 N–H and O–H groups in total. The Labute approximate surface area is 209 Å². The standard InChI is InChI=1S/C27H28N4O5/c1-3-35-23-14-10-22(11-15-23)30-25(32)18-36-24-12-8-21(9-13-24)17-29-31-27(34)26(33)28-16-20-6-4-19(2)5-7-20/h4-15,17H,3,16,18H2,1-2H3,(H,28,33)(H,30,32)(H,31,34)/b29-17-. The molecule has 9 heteroatoms. The van der Waals surface area contributed by atoms with E-state index in [9.17, 15) is 14.4 Å². The second-order valence-corrected chi connectivity index (χ2v) is 7.73. The molecule has 3 aromatic carbocycles. The first-order valence-electron chi connectivity index (χ1n) is 11.4. The Hall–Kier alpha value is -4.66. The van der Waals surface area contributed by atoms with Crippen LogP contribution in [0.1, 0.15) is 23.6 Å². The number of hydrogen-bond acceptors (Lipinski definition) is 6. The molecule has 0 aliphatic heterocycles. The Morgan fingerprint density at radius 3 is 2.14 bits per heavy atom. The minimum absolute atomic E-state index is 0.158. The van der Waals surface area contributed by atoms with Crippen LogP contribution >= 0.6 is 0 Å². The van der Waals surface area contributed by atoms with Gasteiger partial charge in [-0.1, -0.05) is 29.8 Å². The lowest BCUT2D eigenvalue weighted by atomic mass is 10.1. The molecule has 0 aromatic heterocycles. The molecule has 0 aliphatic carbocycles. The van der Waals surface area contributed by atoms with Gasteiger partial charge in [0, 0.05) is 12.2 Å². The first kappa shape index (κ1) is 26.0. The summed E-state index contributed by atoms with van der Waals surface area (Å²) in [5.41, 5.74) is 5.51. The van der Waals surface area contributed by atoms with E-state index in [1.54, 1.807) is 48.5 Å². The highest BCUT2D eigenvalue weighted by Gasteiger charge is 2.11. The molecular formula is C27H28N4O5. The molecule has 3 amide bonds. The van der Waals surface area contributed by atoms with Crippen molar-refractivity contribution >= 4 is 29.6 Å². The summed E-state index contributed by atoms with van der Waals surface area (Å²) in [6, 6.07) is 21.4. The summed E-state index contributed by atoms with van der Waals surface area (Å²) in [6.45, 7) is 4.54. The van der Waals surface area contributed by atoms with Crippen molar-refractivity contribution in [2.75, 3.05) is 18.5 Å². The van der Waals surface area contributed by atoms with Crippen LogP contribution in [0.2, 0.25) is 0 Å². The van der Waals surface area contributed by atoms with Crippen molar-refractivity contribution in [3.05, 3.63) is 89.5 Å². The van der Waals surface area contributed by atoms with Gasteiger partial charge in [-0.05, 0) is 73.5 Å². The molecule has 3 rings (SSSR count). The van der Waals surface area contributed by atoms with Crippen LogP contribution in [0.5, 0.6) is 11.5 Å². The Kier molecular flexibility index (Phi) is 9.58. The summed E-state index contributed by atoms with van der Waals surface area (Å²) < 4.78 is 10.9. The molecule has 0 atom stereocenters. The number of hydrogen-bond donors (Lipinski definition) is 3. The lowest BCUT2D eigenvalue weighted by molar-refractivity contribution is -0.139. The number of anilines is 1. The summed E-state index contributed by atoms with van der Waals surface area (Å²) in [5.74, 6) is -0.713. The molecule has 0 saturated heterocycles. The third-order valence-electron chi connectivity index (χ3n) is 4.86. The van der Waals surface area contributed by atoms with E-state index in [4.69, 9.17) is 9.47 Å². The largest absolute Gasteiger partial charge is 0.494 e.